The second-order valence-corrected chi connectivity index (χ2v) is 14.4. The van der Waals surface area contributed by atoms with Crippen molar-refractivity contribution in [3.8, 4) is 33.6 Å². The first kappa shape index (κ1) is 38.6. The second-order valence-electron chi connectivity index (χ2n) is 14.4. The molecule has 0 aliphatic carbocycles. The Balaban J connectivity index is 1.01. The number of carbonyl (C=O) groups excluding carboxylic acids is 4. The molecule has 3 aromatic carbocycles. The molecule has 0 spiro atoms. The number of imidazole rings is 2. The van der Waals surface area contributed by atoms with Crippen LogP contribution in [-0.4, -0.2) is 87.1 Å². The lowest BCUT2D eigenvalue weighted by atomic mass is 10.0. The van der Waals surface area contributed by atoms with Crippen molar-refractivity contribution in [1.29, 1.82) is 0 Å². The minimum absolute atomic E-state index is 0.135. The SMILES string of the molecule is COC(=O)N[C@H](C(=O)N1CCCC1c1ncc(-c2ccc(-c3ccc(-c4cnc(C5C=CCN5C(=O)[C@@H](NC(=O)OC)C(C)C)[nH]4)cc3)cc2)[nH]1)c1ccccc1. The molecule has 14 nitrogen and oxygen atoms in total. The van der Waals surface area contributed by atoms with Gasteiger partial charge in [-0.3, -0.25) is 9.59 Å². The van der Waals surface area contributed by atoms with Gasteiger partial charge in [0.25, 0.3) is 5.91 Å². The number of aromatic nitrogens is 4. The summed E-state index contributed by atoms with van der Waals surface area (Å²) in [6, 6.07) is 23.3. The van der Waals surface area contributed by atoms with Crippen LogP contribution < -0.4 is 10.6 Å². The van der Waals surface area contributed by atoms with Crippen molar-refractivity contribution < 1.29 is 28.7 Å². The van der Waals surface area contributed by atoms with Crippen LogP contribution in [0.3, 0.4) is 0 Å². The van der Waals surface area contributed by atoms with E-state index in [2.05, 4.69) is 49.9 Å². The van der Waals surface area contributed by atoms with Crippen LogP contribution in [0, 0.1) is 5.92 Å². The van der Waals surface area contributed by atoms with Crippen LogP contribution >= 0.6 is 0 Å². The number of benzene rings is 3. The number of amides is 4. The van der Waals surface area contributed by atoms with Gasteiger partial charge in [0.05, 0.1) is 44.0 Å². The van der Waals surface area contributed by atoms with Crippen molar-refractivity contribution >= 4 is 24.0 Å². The molecule has 0 bridgehead atoms. The van der Waals surface area contributed by atoms with Crippen LogP contribution in [0.25, 0.3) is 33.6 Å². The number of hydrogen-bond donors (Lipinski definition) is 4. The molecule has 1 saturated heterocycles. The Kier molecular flexibility index (Phi) is 11.5. The number of nitrogens with one attached hydrogen (secondary N) is 4. The maximum atomic E-state index is 13.9. The molecule has 2 aromatic heterocycles. The van der Waals surface area contributed by atoms with Crippen LogP contribution in [0.4, 0.5) is 9.59 Å². The molecule has 1 fully saturated rings. The average molecular weight is 771 g/mol. The van der Waals surface area contributed by atoms with Crippen LogP contribution in [0.1, 0.15) is 62.0 Å². The van der Waals surface area contributed by atoms with E-state index in [1.54, 1.807) is 22.2 Å². The highest BCUT2D eigenvalue weighted by molar-refractivity contribution is 5.88. The van der Waals surface area contributed by atoms with Gasteiger partial charge in [0, 0.05) is 13.1 Å². The highest BCUT2D eigenvalue weighted by Crippen LogP contribution is 2.35. The third-order valence-corrected chi connectivity index (χ3v) is 10.5. The molecule has 14 heteroatoms. The Bertz CT molecular complexity index is 2230. The van der Waals surface area contributed by atoms with Crippen molar-refractivity contribution in [2.45, 2.75) is 50.9 Å². The Morgan fingerprint density at radius 1 is 0.719 bits per heavy atom. The zero-order valence-electron chi connectivity index (χ0n) is 32.3. The minimum Gasteiger partial charge on any atom is -0.453 e. The summed E-state index contributed by atoms with van der Waals surface area (Å²) in [5.74, 6) is 0.770. The quantitative estimate of drug-likeness (QED) is 0.107. The molecule has 4 amide bonds. The van der Waals surface area contributed by atoms with Crippen molar-refractivity contribution in [2.24, 2.45) is 5.92 Å². The zero-order chi connectivity index (χ0) is 40.1. The molecular formula is C43H46N8O6. The third-order valence-electron chi connectivity index (χ3n) is 10.5. The Morgan fingerprint density at radius 2 is 1.28 bits per heavy atom. The van der Waals surface area contributed by atoms with Gasteiger partial charge in [0.15, 0.2) is 0 Å². The summed E-state index contributed by atoms with van der Waals surface area (Å²) < 4.78 is 9.56. The Hall–Kier alpha value is -6.70. The Labute approximate surface area is 330 Å². The van der Waals surface area contributed by atoms with Gasteiger partial charge in [-0.2, -0.15) is 0 Å². The van der Waals surface area contributed by atoms with Gasteiger partial charge < -0.3 is 39.9 Å². The van der Waals surface area contributed by atoms with E-state index in [0.717, 1.165) is 46.5 Å². The lowest BCUT2D eigenvalue weighted by Crippen LogP contribution is -2.51. The fourth-order valence-electron chi connectivity index (χ4n) is 7.43. The smallest absolute Gasteiger partial charge is 0.407 e. The molecule has 57 heavy (non-hydrogen) atoms. The molecule has 2 unspecified atom stereocenters. The lowest BCUT2D eigenvalue weighted by molar-refractivity contribution is -0.135. The molecule has 294 valence electrons. The number of aromatic amines is 2. The van der Waals surface area contributed by atoms with Crippen LogP contribution in [-0.2, 0) is 19.1 Å². The highest BCUT2D eigenvalue weighted by atomic mass is 16.5. The summed E-state index contributed by atoms with van der Waals surface area (Å²) in [5.41, 5.74) is 6.32. The molecule has 0 saturated carbocycles. The summed E-state index contributed by atoms with van der Waals surface area (Å²) in [6.07, 6.45) is 7.66. The third kappa shape index (κ3) is 8.30. The summed E-state index contributed by atoms with van der Waals surface area (Å²) in [4.78, 5) is 71.1. The summed E-state index contributed by atoms with van der Waals surface area (Å²) in [6.45, 7) is 4.72. The predicted molar refractivity (Wildman–Crippen MR) is 213 cm³/mol. The van der Waals surface area contributed by atoms with Crippen molar-refractivity contribution in [3.63, 3.8) is 0 Å². The van der Waals surface area contributed by atoms with E-state index in [0.29, 0.717) is 30.3 Å². The number of rotatable bonds is 11. The number of likely N-dealkylation sites (tertiary alicyclic amines) is 1. The number of ether oxygens (including phenoxy) is 2. The summed E-state index contributed by atoms with van der Waals surface area (Å²) >= 11 is 0. The molecule has 4 N–H and O–H groups in total. The molecule has 2 aliphatic heterocycles. The summed E-state index contributed by atoms with van der Waals surface area (Å²) in [5, 5.41) is 5.37. The minimum atomic E-state index is -0.883. The van der Waals surface area contributed by atoms with Gasteiger partial charge in [-0.1, -0.05) is 105 Å². The van der Waals surface area contributed by atoms with Crippen molar-refractivity contribution in [3.05, 3.63) is 121 Å². The van der Waals surface area contributed by atoms with E-state index in [4.69, 9.17) is 14.5 Å². The lowest BCUT2D eigenvalue weighted by Gasteiger charge is -2.29. The maximum Gasteiger partial charge on any atom is 0.407 e. The van der Waals surface area contributed by atoms with E-state index in [1.165, 1.54) is 14.2 Å². The van der Waals surface area contributed by atoms with Gasteiger partial charge in [0.1, 0.15) is 29.8 Å². The number of H-pyrrole nitrogens is 2. The van der Waals surface area contributed by atoms with Crippen LogP contribution in [0.2, 0.25) is 0 Å². The van der Waals surface area contributed by atoms with Crippen molar-refractivity contribution in [1.82, 2.24) is 40.4 Å². The molecule has 4 atom stereocenters. The number of carbonyl (C=O) groups is 4. The second kappa shape index (κ2) is 17.0. The van der Waals surface area contributed by atoms with Gasteiger partial charge >= 0.3 is 12.2 Å². The normalized spacial score (nSPS) is 17.4. The Morgan fingerprint density at radius 3 is 1.88 bits per heavy atom. The largest absolute Gasteiger partial charge is 0.453 e. The van der Waals surface area contributed by atoms with E-state index < -0.39 is 30.3 Å². The highest BCUT2D eigenvalue weighted by Gasteiger charge is 2.38. The van der Waals surface area contributed by atoms with Crippen molar-refractivity contribution in [2.75, 3.05) is 27.3 Å². The number of nitrogens with zero attached hydrogens (tertiary/aromatic N) is 4. The molecule has 0 radical (unpaired) electrons. The molecular weight excluding hydrogens is 725 g/mol. The first-order chi connectivity index (χ1) is 27.6. The number of methoxy groups -OCH3 is 2. The van der Waals surface area contributed by atoms with Gasteiger partial charge in [-0.15, -0.1) is 0 Å². The fourth-order valence-corrected chi connectivity index (χ4v) is 7.43. The standard InChI is InChI=1S/C43H46N8O6/c1-26(2)36(48-42(54)56-3)40(52)50-22-8-12-34(50)38-44-24-32(46-38)29-18-14-27(15-19-29)28-16-20-30(21-17-28)33-25-45-39(47-33)35-13-9-23-51(35)41(53)37(49-43(55)57-4)31-10-6-5-7-11-31/h5-8,10-12,14-21,24-26,34-37H,9,13,22-23H2,1-4H3,(H,44,46)(H,45,47)(H,48,54)(H,49,55)/t34?,35?,36-,37-/m0/s1. The maximum absolute atomic E-state index is 13.9. The zero-order valence-corrected chi connectivity index (χ0v) is 32.3. The molecule has 4 heterocycles. The monoisotopic (exact) mass is 770 g/mol. The van der Waals surface area contributed by atoms with E-state index in [9.17, 15) is 19.2 Å². The van der Waals surface area contributed by atoms with Gasteiger partial charge in [0.2, 0.25) is 5.91 Å². The first-order valence-electron chi connectivity index (χ1n) is 19.0. The molecule has 2 aliphatic rings. The van der Waals surface area contributed by atoms with Gasteiger partial charge in [-0.05, 0) is 46.6 Å². The fraction of sp³-hybridized carbons (Fsp3) is 0.302. The predicted octanol–water partition coefficient (Wildman–Crippen LogP) is 6.71. The van der Waals surface area contributed by atoms with Crippen LogP contribution in [0.5, 0.6) is 0 Å². The van der Waals surface area contributed by atoms with Crippen LogP contribution in [0.15, 0.2) is 103 Å². The first-order valence-corrected chi connectivity index (χ1v) is 19.0. The molecule has 7 rings (SSSR count). The summed E-state index contributed by atoms with van der Waals surface area (Å²) in [7, 11) is 2.55. The number of hydrogen-bond acceptors (Lipinski definition) is 8. The van der Waals surface area contributed by atoms with E-state index in [1.807, 2.05) is 80.6 Å². The average Bonchev–Trinajstić information content (AvgIpc) is 4.09. The van der Waals surface area contributed by atoms with Gasteiger partial charge in [-0.25, -0.2) is 19.6 Å². The molecule has 5 aromatic rings. The van der Waals surface area contributed by atoms with E-state index in [-0.39, 0.29) is 23.8 Å². The number of alkyl carbamates (subject to hydrolysis) is 2. The van der Waals surface area contributed by atoms with E-state index >= 15 is 0 Å². The topological polar surface area (TPSA) is 175 Å².